The van der Waals surface area contributed by atoms with E-state index in [-0.39, 0.29) is 4.90 Å². The van der Waals surface area contributed by atoms with Gasteiger partial charge in [0, 0.05) is 29.7 Å². The van der Waals surface area contributed by atoms with E-state index in [1.54, 1.807) is 49.2 Å². The van der Waals surface area contributed by atoms with Crippen molar-refractivity contribution in [1.82, 2.24) is 14.4 Å². The van der Waals surface area contributed by atoms with Gasteiger partial charge in [-0.1, -0.05) is 0 Å². The van der Waals surface area contributed by atoms with Gasteiger partial charge in [-0.3, -0.25) is 4.40 Å². The summed E-state index contributed by atoms with van der Waals surface area (Å²) in [5, 5.41) is 3.19. The minimum absolute atomic E-state index is 0.0405. The maximum atomic E-state index is 12.1. The highest BCUT2D eigenvalue weighted by Crippen LogP contribution is 2.32. The van der Waals surface area contributed by atoms with Crippen LogP contribution in [-0.2, 0) is 10.0 Å². The Hall–Kier alpha value is -4.32. The van der Waals surface area contributed by atoms with Crippen molar-refractivity contribution < 1.29 is 17.9 Å². The lowest BCUT2D eigenvalue weighted by molar-refractivity contribution is 0.355. The van der Waals surface area contributed by atoms with Crippen molar-refractivity contribution in [3.8, 4) is 22.8 Å². The van der Waals surface area contributed by atoms with E-state index in [1.165, 1.54) is 12.1 Å². The first kappa shape index (κ1) is 21.9. The number of benzene rings is 2. The van der Waals surface area contributed by atoms with Crippen LogP contribution in [0.25, 0.3) is 16.9 Å². The second kappa shape index (κ2) is 8.67. The number of sulfonamides is 1. The monoisotopic (exact) mass is 467 g/mol. The zero-order chi connectivity index (χ0) is 23.6. The van der Waals surface area contributed by atoms with Crippen molar-refractivity contribution in [1.29, 1.82) is 0 Å². The molecule has 0 spiro atoms. The fourth-order valence-corrected chi connectivity index (χ4v) is 4.05. The minimum atomic E-state index is -3.97. The number of fused-ring (bicyclic) bond motifs is 1. The summed E-state index contributed by atoms with van der Waals surface area (Å²) in [6.07, 6.45) is 3.42. The van der Waals surface area contributed by atoms with E-state index in [0.717, 1.165) is 5.56 Å². The lowest BCUT2D eigenvalue weighted by Crippen LogP contribution is -2.24. The quantitative estimate of drug-likeness (QED) is 0.273. The third-order valence-electron chi connectivity index (χ3n) is 4.70. The summed E-state index contributed by atoms with van der Waals surface area (Å²) in [5.74, 6) is 1.13. The number of nitrogens with zero attached hydrogens (tertiary/aromatic N) is 4. The van der Waals surface area contributed by atoms with Gasteiger partial charge in [0.05, 0.1) is 24.8 Å². The number of guanidine groups is 1. The minimum Gasteiger partial charge on any atom is -0.493 e. The van der Waals surface area contributed by atoms with E-state index in [1.807, 2.05) is 18.2 Å². The number of methoxy groups -OCH3 is 2. The van der Waals surface area contributed by atoms with Crippen LogP contribution in [-0.4, -0.2) is 43.0 Å². The van der Waals surface area contributed by atoms with Gasteiger partial charge in [0.15, 0.2) is 11.5 Å². The number of ether oxygens (including phenoxy) is 2. The van der Waals surface area contributed by atoms with Crippen molar-refractivity contribution in [2.75, 3.05) is 19.5 Å². The van der Waals surface area contributed by atoms with Gasteiger partial charge in [0.2, 0.25) is 11.9 Å². The molecule has 0 saturated heterocycles. The van der Waals surface area contributed by atoms with Crippen LogP contribution in [0.1, 0.15) is 0 Å². The number of nitrogens with two attached hydrogens (primary N) is 2. The zero-order valence-electron chi connectivity index (χ0n) is 17.8. The van der Waals surface area contributed by atoms with Crippen LogP contribution >= 0.6 is 0 Å². The molecule has 4 rings (SSSR count). The first-order valence-electron chi connectivity index (χ1n) is 9.60. The molecule has 2 aromatic carbocycles. The molecule has 33 heavy (non-hydrogen) atoms. The second-order valence-electron chi connectivity index (χ2n) is 6.83. The SMILES string of the molecule is COc1ccc(-c2cc3nccn3c(Nc3ccc(S(=O)(=O)N=C(N)N)cc3)n2)cc1OC. The molecule has 2 heterocycles. The molecular weight excluding hydrogens is 446 g/mol. The average Bonchev–Trinajstić information content (AvgIpc) is 3.27. The summed E-state index contributed by atoms with van der Waals surface area (Å²) < 4.78 is 40.0. The lowest BCUT2D eigenvalue weighted by atomic mass is 10.1. The second-order valence-corrected chi connectivity index (χ2v) is 8.43. The van der Waals surface area contributed by atoms with E-state index in [4.69, 9.17) is 25.9 Å². The molecule has 12 heteroatoms. The van der Waals surface area contributed by atoms with Crippen LogP contribution < -0.4 is 26.3 Å². The molecule has 5 N–H and O–H groups in total. The largest absolute Gasteiger partial charge is 0.493 e. The van der Waals surface area contributed by atoms with Crippen LogP contribution in [0.3, 0.4) is 0 Å². The summed E-state index contributed by atoms with van der Waals surface area (Å²) >= 11 is 0. The fraction of sp³-hybridized carbons (Fsp3) is 0.0952. The smallest absolute Gasteiger partial charge is 0.285 e. The van der Waals surface area contributed by atoms with E-state index in [0.29, 0.717) is 34.5 Å². The standard InChI is InChI=1S/C21H21N7O4S/c1-31-17-8-3-13(11-18(17)32-2)16-12-19-24-9-10-28(19)21(26-16)25-14-4-6-15(7-5-14)33(29,30)27-20(22)23/h3-12H,1-2H3,(H,25,26)(H4,22,23,27). The number of aromatic nitrogens is 3. The van der Waals surface area contributed by atoms with E-state index < -0.39 is 16.0 Å². The molecule has 0 radical (unpaired) electrons. The predicted octanol–water partition coefficient (Wildman–Crippen LogP) is 2.12. The summed E-state index contributed by atoms with van der Waals surface area (Å²) in [6.45, 7) is 0. The zero-order valence-corrected chi connectivity index (χ0v) is 18.6. The number of anilines is 2. The number of imidazole rings is 1. The van der Waals surface area contributed by atoms with Crippen LogP contribution in [0.4, 0.5) is 11.6 Å². The highest BCUT2D eigenvalue weighted by molar-refractivity contribution is 7.90. The van der Waals surface area contributed by atoms with Gasteiger partial charge in [-0.2, -0.15) is 8.42 Å². The van der Waals surface area contributed by atoms with E-state index in [2.05, 4.69) is 14.7 Å². The summed E-state index contributed by atoms with van der Waals surface area (Å²) in [4.78, 5) is 9.05. The number of rotatable bonds is 7. The molecule has 0 unspecified atom stereocenters. The van der Waals surface area contributed by atoms with Crippen molar-refractivity contribution in [3.05, 3.63) is 60.9 Å². The number of hydrogen-bond acceptors (Lipinski definition) is 7. The van der Waals surface area contributed by atoms with Crippen LogP contribution in [0.15, 0.2) is 70.2 Å². The Bertz CT molecular complexity index is 1440. The number of nitrogens with one attached hydrogen (secondary N) is 1. The molecule has 0 aliphatic rings. The van der Waals surface area contributed by atoms with Gasteiger partial charge in [0.1, 0.15) is 5.65 Å². The average molecular weight is 468 g/mol. The van der Waals surface area contributed by atoms with Gasteiger partial charge < -0.3 is 26.3 Å². The molecule has 0 atom stereocenters. The topological polar surface area (TPSA) is 159 Å². The highest BCUT2D eigenvalue weighted by atomic mass is 32.2. The Morgan fingerprint density at radius 3 is 2.42 bits per heavy atom. The van der Waals surface area contributed by atoms with Gasteiger partial charge >= 0.3 is 0 Å². The Balaban J connectivity index is 1.71. The van der Waals surface area contributed by atoms with Crippen LogP contribution in [0.2, 0.25) is 0 Å². The third-order valence-corrected chi connectivity index (χ3v) is 6.02. The van der Waals surface area contributed by atoms with Crippen LogP contribution in [0, 0.1) is 0 Å². The summed E-state index contributed by atoms with van der Waals surface area (Å²) in [5.41, 5.74) is 13.1. The van der Waals surface area contributed by atoms with Crippen molar-refractivity contribution in [3.63, 3.8) is 0 Å². The van der Waals surface area contributed by atoms with E-state index >= 15 is 0 Å². The van der Waals surface area contributed by atoms with E-state index in [9.17, 15) is 8.42 Å². The normalized spacial score (nSPS) is 11.2. The van der Waals surface area contributed by atoms with Gasteiger partial charge in [0.25, 0.3) is 10.0 Å². The Morgan fingerprint density at radius 2 is 1.76 bits per heavy atom. The maximum Gasteiger partial charge on any atom is 0.285 e. The first-order valence-corrected chi connectivity index (χ1v) is 11.0. The summed E-state index contributed by atoms with van der Waals surface area (Å²) in [7, 11) is -0.835. The highest BCUT2D eigenvalue weighted by Gasteiger charge is 2.14. The maximum absolute atomic E-state index is 12.1. The Labute approximate surface area is 189 Å². The molecule has 0 saturated carbocycles. The van der Waals surface area contributed by atoms with Crippen molar-refractivity contribution in [2.45, 2.75) is 4.90 Å². The molecular formula is C21H21N7O4S. The van der Waals surface area contributed by atoms with Crippen LogP contribution in [0.5, 0.6) is 11.5 Å². The molecule has 0 fully saturated rings. The Kier molecular flexibility index (Phi) is 5.75. The van der Waals surface area contributed by atoms with Crippen molar-refractivity contribution >= 4 is 33.3 Å². The molecule has 11 nitrogen and oxygen atoms in total. The third kappa shape index (κ3) is 4.50. The molecule has 170 valence electrons. The molecule has 0 aliphatic heterocycles. The molecule has 0 amide bonds. The van der Waals surface area contributed by atoms with Gasteiger partial charge in [-0.05, 0) is 42.5 Å². The predicted molar refractivity (Wildman–Crippen MR) is 124 cm³/mol. The molecule has 0 bridgehead atoms. The van der Waals surface area contributed by atoms with Crippen molar-refractivity contribution in [2.24, 2.45) is 15.9 Å². The lowest BCUT2D eigenvalue weighted by Gasteiger charge is -2.12. The molecule has 0 aliphatic carbocycles. The fourth-order valence-electron chi connectivity index (χ4n) is 3.19. The first-order chi connectivity index (χ1) is 15.8. The van der Waals surface area contributed by atoms with Gasteiger partial charge in [-0.15, -0.1) is 4.40 Å². The molecule has 2 aromatic heterocycles. The number of hydrogen-bond donors (Lipinski definition) is 3. The molecule has 4 aromatic rings. The Morgan fingerprint density at radius 1 is 1.03 bits per heavy atom. The van der Waals surface area contributed by atoms with Gasteiger partial charge in [-0.25, -0.2) is 9.97 Å². The summed E-state index contributed by atoms with van der Waals surface area (Å²) in [6, 6.07) is 13.3.